The Morgan fingerprint density at radius 3 is 2.64 bits per heavy atom. The predicted molar refractivity (Wildman–Crippen MR) is 123 cm³/mol. The number of hydroxylamine groups is 1. The number of carbonyl (C=O) groups is 1. The van der Waals surface area contributed by atoms with Crippen LogP contribution in [0, 0.1) is 12.8 Å². The van der Waals surface area contributed by atoms with Crippen molar-refractivity contribution in [1.29, 1.82) is 0 Å². The van der Waals surface area contributed by atoms with E-state index in [1.165, 1.54) is 23.5 Å². The summed E-state index contributed by atoms with van der Waals surface area (Å²) in [6, 6.07) is 15.6. The first-order valence-electron chi connectivity index (χ1n) is 10.8. The van der Waals surface area contributed by atoms with Crippen LogP contribution in [0.2, 0.25) is 0 Å². The molecule has 1 aromatic heterocycles. The number of nitrogens with one attached hydrogen (secondary N) is 1. The largest absolute Gasteiger partial charge is 0.489 e. The summed E-state index contributed by atoms with van der Waals surface area (Å²) in [6.07, 6.45) is 1.82. The highest BCUT2D eigenvalue weighted by molar-refractivity contribution is 7.89. The van der Waals surface area contributed by atoms with Gasteiger partial charge in [0.1, 0.15) is 12.4 Å². The number of rotatable bonds is 7. The number of carbonyl (C=O) groups excluding carboxylic acids is 1. The van der Waals surface area contributed by atoms with Crippen molar-refractivity contribution < 1.29 is 23.2 Å². The van der Waals surface area contributed by atoms with Crippen molar-refractivity contribution in [3.05, 3.63) is 65.9 Å². The normalized spacial score (nSPS) is 18.5. The summed E-state index contributed by atoms with van der Waals surface area (Å²) in [5.41, 5.74) is 4.46. The van der Waals surface area contributed by atoms with Crippen LogP contribution in [0.5, 0.6) is 5.75 Å². The zero-order valence-corrected chi connectivity index (χ0v) is 19.4. The van der Waals surface area contributed by atoms with Gasteiger partial charge in [-0.25, -0.2) is 13.9 Å². The van der Waals surface area contributed by atoms with E-state index in [1.807, 2.05) is 37.3 Å². The highest BCUT2D eigenvalue weighted by atomic mass is 32.2. The zero-order chi connectivity index (χ0) is 23.6. The Morgan fingerprint density at radius 2 is 1.91 bits per heavy atom. The first-order valence-corrected chi connectivity index (χ1v) is 12.3. The molecule has 33 heavy (non-hydrogen) atoms. The molecule has 2 unspecified atom stereocenters. The Balaban J connectivity index is 1.49. The van der Waals surface area contributed by atoms with Gasteiger partial charge in [-0.3, -0.25) is 15.0 Å². The maximum Gasteiger partial charge on any atom is 0.248 e. The Bertz CT molecular complexity index is 1260. The van der Waals surface area contributed by atoms with Gasteiger partial charge in [-0.2, -0.15) is 4.31 Å². The van der Waals surface area contributed by atoms with Crippen molar-refractivity contribution in [3.8, 4) is 5.75 Å². The third-order valence-electron chi connectivity index (χ3n) is 6.22. The number of para-hydroxylation sites is 1. The van der Waals surface area contributed by atoms with E-state index in [2.05, 4.69) is 4.98 Å². The maximum atomic E-state index is 13.1. The molecular weight excluding hydrogens is 442 g/mol. The quantitative estimate of drug-likeness (QED) is 0.405. The number of hydrogen-bond donors (Lipinski definition) is 2. The molecule has 1 heterocycles. The molecule has 3 aromatic rings. The van der Waals surface area contributed by atoms with E-state index in [1.54, 1.807) is 17.6 Å². The van der Waals surface area contributed by atoms with E-state index in [-0.39, 0.29) is 4.90 Å². The number of fused-ring (bicyclic) bond motifs is 1. The van der Waals surface area contributed by atoms with Gasteiger partial charge in [0.05, 0.1) is 16.3 Å². The lowest BCUT2D eigenvalue weighted by Crippen LogP contribution is -2.44. The number of pyridine rings is 1. The van der Waals surface area contributed by atoms with Gasteiger partial charge in [-0.1, -0.05) is 24.6 Å². The van der Waals surface area contributed by atoms with Gasteiger partial charge in [0.15, 0.2) is 0 Å². The van der Waals surface area contributed by atoms with Crippen LogP contribution in [-0.2, 0) is 21.4 Å². The predicted octanol–water partition coefficient (Wildman–Crippen LogP) is 3.42. The minimum Gasteiger partial charge on any atom is -0.489 e. The van der Waals surface area contributed by atoms with Gasteiger partial charge in [0.2, 0.25) is 15.9 Å². The van der Waals surface area contributed by atoms with E-state index >= 15 is 0 Å². The summed E-state index contributed by atoms with van der Waals surface area (Å²) < 4.78 is 33.4. The molecule has 0 radical (unpaired) electrons. The average Bonchev–Trinajstić information content (AvgIpc) is 3.31. The van der Waals surface area contributed by atoms with Crippen LogP contribution >= 0.6 is 0 Å². The first-order chi connectivity index (χ1) is 15.8. The second kappa shape index (κ2) is 9.46. The fourth-order valence-corrected chi connectivity index (χ4v) is 5.91. The molecule has 9 heteroatoms. The topological polar surface area (TPSA) is 109 Å². The van der Waals surface area contributed by atoms with Crippen LogP contribution in [-0.4, -0.2) is 41.9 Å². The molecule has 2 aromatic carbocycles. The molecule has 1 aliphatic carbocycles. The van der Waals surface area contributed by atoms with Gasteiger partial charge in [0, 0.05) is 29.7 Å². The smallest absolute Gasteiger partial charge is 0.248 e. The lowest BCUT2D eigenvalue weighted by molar-refractivity contribution is -0.134. The Kier molecular flexibility index (Phi) is 6.64. The molecule has 1 amide bonds. The molecule has 2 N–H and O–H groups in total. The molecule has 0 spiro atoms. The summed E-state index contributed by atoms with van der Waals surface area (Å²) in [4.78, 5) is 16.6. The number of ether oxygens (including phenoxy) is 1. The highest BCUT2D eigenvalue weighted by Gasteiger charge is 2.40. The molecule has 1 fully saturated rings. The number of benzene rings is 2. The fourth-order valence-electron chi connectivity index (χ4n) is 4.49. The van der Waals surface area contributed by atoms with Crippen LogP contribution in [0.25, 0.3) is 10.9 Å². The number of sulfonamides is 1. The number of aryl methyl sites for hydroxylation is 1. The van der Waals surface area contributed by atoms with Gasteiger partial charge in [-0.15, -0.1) is 0 Å². The Morgan fingerprint density at radius 1 is 1.18 bits per heavy atom. The Hall–Kier alpha value is -3.01. The molecule has 1 aliphatic rings. The standard InChI is InChI=1S/C24H27N3O5S/c1-16-14-17(20-6-3-4-8-22(20)25-16)15-32-18-10-12-19(13-11-18)33(30,31)27(2)23-9-5-7-21(23)24(28)26-29/h3-4,6,8,10-14,21,23,29H,5,7,9,15H2,1-2H3,(H,26,28). The SMILES string of the molecule is Cc1cc(COc2ccc(S(=O)(=O)N(C)C3CCCC3C(=O)NO)cc2)c2ccccc2n1. The van der Waals surface area contributed by atoms with Crippen LogP contribution in [0.15, 0.2) is 59.5 Å². The zero-order valence-electron chi connectivity index (χ0n) is 18.6. The summed E-state index contributed by atoms with van der Waals surface area (Å²) >= 11 is 0. The Labute approximate surface area is 193 Å². The van der Waals surface area contributed by atoms with E-state index in [4.69, 9.17) is 9.94 Å². The van der Waals surface area contributed by atoms with E-state index < -0.39 is 27.9 Å². The highest BCUT2D eigenvalue weighted by Crippen LogP contribution is 2.33. The number of nitrogens with zero attached hydrogens (tertiary/aromatic N) is 2. The summed E-state index contributed by atoms with van der Waals surface area (Å²) in [5.74, 6) is -0.577. The molecule has 174 valence electrons. The lowest BCUT2D eigenvalue weighted by Gasteiger charge is -2.28. The number of hydrogen-bond acceptors (Lipinski definition) is 6. The summed E-state index contributed by atoms with van der Waals surface area (Å²) in [6.45, 7) is 2.26. The lowest BCUT2D eigenvalue weighted by atomic mass is 10.0. The van der Waals surface area contributed by atoms with Crippen LogP contribution in [0.3, 0.4) is 0 Å². The molecule has 1 saturated carbocycles. The number of amides is 1. The van der Waals surface area contributed by atoms with Crippen LogP contribution in [0.4, 0.5) is 0 Å². The van der Waals surface area contributed by atoms with Gasteiger partial charge in [-0.05, 0) is 56.2 Å². The van der Waals surface area contributed by atoms with E-state index in [0.717, 1.165) is 28.6 Å². The maximum absolute atomic E-state index is 13.1. The van der Waals surface area contributed by atoms with Gasteiger partial charge < -0.3 is 4.74 Å². The first kappa shape index (κ1) is 23.2. The molecule has 0 bridgehead atoms. The van der Waals surface area contributed by atoms with Crippen LogP contribution < -0.4 is 10.2 Å². The van der Waals surface area contributed by atoms with E-state index in [9.17, 15) is 13.2 Å². The second-order valence-corrected chi connectivity index (χ2v) is 10.3. The van der Waals surface area contributed by atoms with Crippen molar-refractivity contribution in [2.75, 3.05) is 7.05 Å². The van der Waals surface area contributed by atoms with Crippen molar-refractivity contribution in [3.63, 3.8) is 0 Å². The number of aromatic nitrogens is 1. The van der Waals surface area contributed by atoms with Gasteiger partial charge >= 0.3 is 0 Å². The third-order valence-corrected chi connectivity index (χ3v) is 8.12. The van der Waals surface area contributed by atoms with Crippen molar-refractivity contribution in [2.24, 2.45) is 5.92 Å². The van der Waals surface area contributed by atoms with Crippen molar-refractivity contribution in [2.45, 2.75) is 43.7 Å². The fraction of sp³-hybridized carbons (Fsp3) is 0.333. The second-order valence-electron chi connectivity index (χ2n) is 8.30. The molecule has 4 rings (SSSR count). The van der Waals surface area contributed by atoms with E-state index in [0.29, 0.717) is 25.2 Å². The molecule has 8 nitrogen and oxygen atoms in total. The van der Waals surface area contributed by atoms with Crippen LogP contribution in [0.1, 0.15) is 30.5 Å². The third kappa shape index (κ3) is 4.71. The minimum absolute atomic E-state index is 0.123. The molecular formula is C24H27N3O5S. The summed E-state index contributed by atoms with van der Waals surface area (Å²) in [5, 5.41) is 9.98. The molecule has 2 atom stereocenters. The molecule has 0 aliphatic heterocycles. The molecule has 0 saturated heterocycles. The van der Waals surface area contributed by atoms with Crippen molar-refractivity contribution >= 4 is 26.8 Å². The van der Waals surface area contributed by atoms with Gasteiger partial charge in [0.25, 0.3) is 0 Å². The monoisotopic (exact) mass is 469 g/mol. The van der Waals surface area contributed by atoms with Crippen molar-refractivity contribution in [1.82, 2.24) is 14.8 Å². The minimum atomic E-state index is -3.81. The average molecular weight is 470 g/mol. The summed E-state index contributed by atoms with van der Waals surface area (Å²) in [7, 11) is -2.33.